The molecule has 13 heavy (non-hydrogen) atoms. The summed E-state index contributed by atoms with van der Waals surface area (Å²) in [6, 6.07) is 0. The van der Waals surface area contributed by atoms with E-state index in [1.165, 1.54) is 0 Å². The predicted molar refractivity (Wildman–Crippen MR) is 54.0 cm³/mol. The van der Waals surface area contributed by atoms with Crippen LogP contribution in [0.4, 0.5) is 0 Å². The molecule has 1 aliphatic rings. The summed E-state index contributed by atoms with van der Waals surface area (Å²) in [5.41, 5.74) is 0. The molecular formula is C8H14N2O2S. The van der Waals surface area contributed by atoms with Gasteiger partial charge in [-0.05, 0) is 13.8 Å². The maximum Gasteiger partial charge on any atom is 0.251 e. The Morgan fingerprint density at radius 3 is 3.08 bits per heavy atom. The average Bonchev–Trinajstić information content (AvgIpc) is 2.53. The predicted octanol–water partition coefficient (Wildman–Crippen LogP) is 0.630. The monoisotopic (exact) mass is 202 g/mol. The first-order valence-electron chi connectivity index (χ1n) is 4.27. The Kier molecular flexibility index (Phi) is 4.24. The fraction of sp³-hybridized carbons (Fsp3) is 0.750. The highest BCUT2D eigenvalue weighted by Gasteiger charge is 2.10. The van der Waals surface area contributed by atoms with Gasteiger partial charge in [-0.3, -0.25) is 9.79 Å². The van der Waals surface area contributed by atoms with E-state index in [-0.39, 0.29) is 18.6 Å². The molecule has 4 nitrogen and oxygen atoms in total. The molecule has 1 N–H and O–H groups in total. The van der Waals surface area contributed by atoms with Crippen molar-refractivity contribution in [2.45, 2.75) is 20.0 Å². The van der Waals surface area contributed by atoms with E-state index in [1.54, 1.807) is 11.8 Å². The molecule has 0 atom stereocenters. The minimum absolute atomic E-state index is 0.0870. The van der Waals surface area contributed by atoms with Crippen LogP contribution in [0.15, 0.2) is 4.99 Å². The molecule has 0 saturated heterocycles. The highest BCUT2D eigenvalue weighted by Crippen LogP contribution is 2.08. The number of ether oxygens (including phenoxy) is 1. The van der Waals surface area contributed by atoms with E-state index in [1.807, 2.05) is 13.8 Å². The average molecular weight is 202 g/mol. The Balaban J connectivity index is 2.17. The Morgan fingerprint density at radius 2 is 2.54 bits per heavy atom. The largest absolute Gasteiger partial charge is 0.369 e. The first-order chi connectivity index (χ1) is 6.18. The normalized spacial score (nSPS) is 16.1. The van der Waals surface area contributed by atoms with Crippen molar-refractivity contribution in [3.8, 4) is 0 Å². The molecule has 1 amide bonds. The van der Waals surface area contributed by atoms with Gasteiger partial charge in [-0.15, -0.1) is 0 Å². The smallest absolute Gasteiger partial charge is 0.251 e. The molecule has 0 aromatic rings. The Morgan fingerprint density at radius 1 is 1.77 bits per heavy atom. The fourth-order valence-corrected chi connectivity index (χ4v) is 1.55. The van der Waals surface area contributed by atoms with Gasteiger partial charge in [0.25, 0.3) is 5.91 Å². The first-order valence-corrected chi connectivity index (χ1v) is 5.25. The summed E-state index contributed by atoms with van der Waals surface area (Å²) < 4.78 is 5.14. The van der Waals surface area contributed by atoms with E-state index in [2.05, 4.69) is 10.3 Å². The van der Waals surface area contributed by atoms with Crippen molar-refractivity contribution in [1.82, 2.24) is 5.32 Å². The zero-order chi connectivity index (χ0) is 9.68. The maximum atomic E-state index is 11.2. The summed E-state index contributed by atoms with van der Waals surface area (Å²) in [5.74, 6) is 0.836. The van der Waals surface area contributed by atoms with E-state index < -0.39 is 0 Å². The summed E-state index contributed by atoms with van der Waals surface area (Å²) in [6.07, 6.45) is 0.0870. The standard InChI is InChI=1S/C8H14N2O2S/c1-6(2)12-5-7(11)10-8-9-3-4-13-8/h6H,3-5H2,1-2H3,(H,9,10,11). The molecule has 0 bridgehead atoms. The molecule has 1 rings (SSSR count). The molecule has 0 aliphatic carbocycles. The van der Waals surface area contributed by atoms with Crippen molar-refractivity contribution in [3.05, 3.63) is 0 Å². The number of hydrogen-bond donors (Lipinski definition) is 1. The lowest BCUT2D eigenvalue weighted by molar-refractivity contribution is -0.125. The molecule has 74 valence electrons. The van der Waals surface area contributed by atoms with Crippen LogP contribution >= 0.6 is 11.8 Å². The lowest BCUT2D eigenvalue weighted by Crippen LogP contribution is -2.31. The number of thioether (sulfide) groups is 1. The van der Waals surface area contributed by atoms with Crippen LogP contribution in [0.5, 0.6) is 0 Å². The van der Waals surface area contributed by atoms with Crippen LogP contribution in [0.3, 0.4) is 0 Å². The maximum absolute atomic E-state index is 11.2. The summed E-state index contributed by atoms with van der Waals surface area (Å²) in [6.45, 7) is 4.70. The molecule has 0 aromatic carbocycles. The third-order valence-electron chi connectivity index (χ3n) is 1.38. The Bertz CT molecular complexity index is 216. The van der Waals surface area contributed by atoms with Crippen molar-refractivity contribution < 1.29 is 9.53 Å². The van der Waals surface area contributed by atoms with Crippen LogP contribution in [0, 0.1) is 0 Å². The van der Waals surface area contributed by atoms with Crippen LogP contribution in [-0.2, 0) is 9.53 Å². The number of aliphatic imine (C=N–C) groups is 1. The van der Waals surface area contributed by atoms with Crippen molar-refractivity contribution in [2.24, 2.45) is 4.99 Å². The van der Waals surface area contributed by atoms with Crippen LogP contribution in [-0.4, -0.2) is 36.1 Å². The van der Waals surface area contributed by atoms with E-state index in [0.717, 1.165) is 17.5 Å². The number of rotatable bonds is 3. The zero-order valence-corrected chi connectivity index (χ0v) is 8.69. The van der Waals surface area contributed by atoms with Gasteiger partial charge in [0, 0.05) is 5.75 Å². The van der Waals surface area contributed by atoms with Crippen LogP contribution in [0.2, 0.25) is 0 Å². The molecule has 1 heterocycles. The molecule has 0 fully saturated rings. The van der Waals surface area contributed by atoms with Crippen molar-refractivity contribution in [1.29, 1.82) is 0 Å². The van der Waals surface area contributed by atoms with E-state index in [0.29, 0.717) is 0 Å². The van der Waals surface area contributed by atoms with Crippen molar-refractivity contribution >= 4 is 22.8 Å². The van der Waals surface area contributed by atoms with Crippen molar-refractivity contribution in [2.75, 3.05) is 18.9 Å². The summed E-state index contributed by atoms with van der Waals surface area (Å²) in [4.78, 5) is 15.3. The van der Waals surface area contributed by atoms with Gasteiger partial charge >= 0.3 is 0 Å². The second-order valence-electron chi connectivity index (χ2n) is 2.94. The second-order valence-corrected chi connectivity index (χ2v) is 4.03. The summed E-state index contributed by atoms with van der Waals surface area (Å²) in [5, 5.41) is 3.40. The van der Waals surface area contributed by atoms with Gasteiger partial charge in [0.2, 0.25) is 0 Å². The number of amidine groups is 1. The SMILES string of the molecule is CC(C)OCC(=O)NC1=NCCS1. The Labute approximate surface area is 82.1 Å². The van der Waals surface area contributed by atoms with Gasteiger partial charge in [0.15, 0.2) is 5.17 Å². The van der Waals surface area contributed by atoms with Gasteiger partial charge in [0.1, 0.15) is 6.61 Å². The number of nitrogens with one attached hydrogen (secondary N) is 1. The number of carbonyl (C=O) groups excluding carboxylic acids is 1. The van der Waals surface area contributed by atoms with Gasteiger partial charge in [-0.2, -0.15) is 0 Å². The fourth-order valence-electron chi connectivity index (χ4n) is 0.808. The first kappa shape index (κ1) is 10.5. The van der Waals surface area contributed by atoms with E-state index in [4.69, 9.17) is 4.74 Å². The molecule has 0 aromatic heterocycles. The number of amides is 1. The van der Waals surface area contributed by atoms with Crippen molar-refractivity contribution in [3.63, 3.8) is 0 Å². The van der Waals surface area contributed by atoms with Gasteiger partial charge in [-0.25, -0.2) is 0 Å². The second kappa shape index (κ2) is 5.24. The van der Waals surface area contributed by atoms with Gasteiger partial charge in [-0.1, -0.05) is 11.8 Å². The molecule has 0 unspecified atom stereocenters. The quantitative estimate of drug-likeness (QED) is 0.730. The molecule has 1 aliphatic heterocycles. The molecular weight excluding hydrogens is 188 g/mol. The molecule has 5 heteroatoms. The van der Waals surface area contributed by atoms with Crippen LogP contribution < -0.4 is 5.32 Å². The third kappa shape index (κ3) is 4.28. The summed E-state index contributed by atoms with van der Waals surface area (Å²) in [7, 11) is 0. The lowest BCUT2D eigenvalue weighted by Gasteiger charge is -2.07. The third-order valence-corrected chi connectivity index (χ3v) is 2.27. The zero-order valence-electron chi connectivity index (χ0n) is 7.87. The lowest BCUT2D eigenvalue weighted by atomic mass is 10.5. The number of carbonyl (C=O) groups is 1. The summed E-state index contributed by atoms with van der Waals surface area (Å²) >= 11 is 1.57. The highest BCUT2D eigenvalue weighted by molar-refractivity contribution is 8.14. The van der Waals surface area contributed by atoms with E-state index >= 15 is 0 Å². The molecule has 0 radical (unpaired) electrons. The minimum Gasteiger partial charge on any atom is -0.369 e. The molecule has 0 spiro atoms. The van der Waals surface area contributed by atoms with Crippen LogP contribution in [0.1, 0.15) is 13.8 Å². The van der Waals surface area contributed by atoms with Crippen LogP contribution in [0.25, 0.3) is 0 Å². The number of hydrogen-bond acceptors (Lipinski definition) is 4. The Hall–Kier alpha value is -0.550. The minimum atomic E-state index is -0.123. The van der Waals surface area contributed by atoms with Gasteiger partial charge in [0.05, 0.1) is 12.6 Å². The highest BCUT2D eigenvalue weighted by atomic mass is 32.2. The van der Waals surface area contributed by atoms with Gasteiger partial charge < -0.3 is 10.1 Å². The number of nitrogens with zero attached hydrogens (tertiary/aromatic N) is 1. The molecule has 0 saturated carbocycles. The van der Waals surface area contributed by atoms with E-state index in [9.17, 15) is 4.79 Å². The topological polar surface area (TPSA) is 50.7 Å².